The number of ether oxygens (including phenoxy) is 1. The normalized spacial score (nSPS) is 13.8. The van der Waals surface area contributed by atoms with Crippen LogP contribution in [0.15, 0.2) is 23.6 Å². The Morgan fingerprint density at radius 3 is 2.85 bits per heavy atom. The van der Waals surface area contributed by atoms with Crippen molar-refractivity contribution >= 4 is 17.7 Å². The third-order valence-electron chi connectivity index (χ3n) is 3.06. The molecule has 1 aromatic rings. The first kappa shape index (κ1) is 16.9. The Kier molecular flexibility index (Phi) is 7.54. The molecule has 0 spiro atoms. The minimum atomic E-state index is -0.583. The topological polar surface area (TPSA) is 64.1 Å². The molecule has 0 saturated carbocycles. The number of carbonyl (C=O) groups is 1. The average Bonchev–Trinajstić information content (AvgIpc) is 2.47. The Labute approximate surface area is 124 Å². The summed E-state index contributed by atoms with van der Waals surface area (Å²) in [7, 11) is 1.43. The van der Waals surface area contributed by atoms with Crippen molar-refractivity contribution in [3.63, 3.8) is 0 Å². The molecule has 0 fully saturated rings. The molecular formula is C14H23N3O2S. The lowest BCUT2D eigenvalue weighted by Crippen LogP contribution is -2.50. The van der Waals surface area contributed by atoms with Gasteiger partial charge < -0.3 is 10.1 Å². The third kappa shape index (κ3) is 5.46. The van der Waals surface area contributed by atoms with Gasteiger partial charge in [0.25, 0.3) is 0 Å². The first-order valence-corrected chi connectivity index (χ1v) is 7.83. The van der Waals surface area contributed by atoms with Gasteiger partial charge in [-0.1, -0.05) is 13.3 Å². The van der Waals surface area contributed by atoms with Crippen LogP contribution >= 0.6 is 11.8 Å². The lowest BCUT2D eigenvalue weighted by Gasteiger charge is -2.27. The van der Waals surface area contributed by atoms with Crippen LogP contribution in [0.5, 0.6) is 0 Å². The van der Waals surface area contributed by atoms with Gasteiger partial charge >= 0.3 is 5.97 Å². The molecule has 0 aromatic carbocycles. The highest BCUT2D eigenvalue weighted by atomic mass is 32.2. The number of likely N-dealkylation sites (N-methyl/N-ethyl adjacent to an activating group) is 1. The summed E-state index contributed by atoms with van der Waals surface area (Å²) in [5.41, 5.74) is -0.583. The number of hydrogen-bond acceptors (Lipinski definition) is 6. The van der Waals surface area contributed by atoms with Crippen molar-refractivity contribution in [2.24, 2.45) is 0 Å². The van der Waals surface area contributed by atoms with E-state index in [2.05, 4.69) is 15.3 Å². The van der Waals surface area contributed by atoms with Crippen LogP contribution in [0.2, 0.25) is 0 Å². The summed E-state index contributed by atoms with van der Waals surface area (Å²) in [6.45, 7) is 4.64. The molecule has 20 heavy (non-hydrogen) atoms. The molecule has 112 valence electrons. The fourth-order valence-electron chi connectivity index (χ4n) is 2.00. The van der Waals surface area contributed by atoms with E-state index in [0.29, 0.717) is 0 Å². The molecule has 0 aliphatic carbocycles. The SMILES string of the molecule is CCNC(C)(CCCCSc1cnccn1)C(=O)OC. The summed E-state index contributed by atoms with van der Waals surface area (Å²) >= 11 is 1.69. The highest BCUT2D eigenvalue weighted by Crippen LogP contribution is 2.19. The molecule has 0 aliphatic heterocycles. The number of nitrogens with zero attached hydrogens (tertiary/aromatic N) is 2. The third-order valence-corrected chi connectivity index (χ3v) is 4.06. The van der Waals surface area contributed by atoms with Crippen molar-refractivity contribution in [1.29, 1.82) is 0 Å². The van der Waals surface area contributed by atoms with Gasteiger partial charge in [-0.3, -0.25) is 9.78 Å². The average molecular weight is 297 g/mol. The predicted octanol–water partition coefficient (Wildman–Crippen LogP) is 2.28. The number of carbonyl (C=O) groups excluding carboxylic acids is 1. The minimum absolute atomic E-state index is 0.194. The van der Waals surface area contributed by atoms with Crippen LogP contribution in [-0.4, -0.2) is 40.9 Å². The van der Waals surface area contributed by atoms with Gasteiger partial charge in [0, 0.05) is 12.4 Å². The van der Waals surface area contributed by atoms with E-state index in [1.807, 2.05) is 13.8 Å². The molecule has 0 amide bonds. The van der Waals surface area contributed by atoms with Gasteiger partial charge in [0.15, 0.2) is 0 Å². The van der Waals surface area contributed by atoms with E-state index < -0.39 is 5.54 Å². The van der Waals surface area contributed by atoms with E-state index >= 15 is 0 Å². The maximum absolute atomic E-state index is 11.8. The Morgan fingerprint density at radius 1 is 1.45 bits per heavy atom. The quantitative estimate of drug-likeness (QED) is 0.428. The van der Waals surface area contributed by atoms with Gasteiger partial charge in [-0.15, -0.1) is 11.8 Å². The van der Waals surface area contributed by atoms with Crippen LogP contribution < -0.4 is 5.32 Å². The van der Waals surface area contributed by atoms with Crippen molar-refractivity contribution in [2.45, 2.75) is 43.7 Å². The van der Waals surface area contributed by atoms with Crippen molar-refractivity contribution < 1.29 is 9.53 Å². The second kappa shape index (κ2) is 8.92. The van der Waals surface area contributed by atoms with Crippen molar-refractivity contribution in [3.05, 3.63) is 18.6 Å². The molecule has 1 heterocycles. The minimum Gasteiger partial charge on any atom is -0.468 e. The lowest BCUT2D eigenvalue weighted by molar-refractivity contribution is -0.148. The zero-order valence-electron chi connectivity index (χ0n) is 12.4. The molecule has 1 aromatic heterocycles. The van der Waals surface area contributed by atoms with E-state index in [-0.39, 0.29) is 5.97 Å². The van der Waals surface area contributed by atoms with Crippen LogP contribution in [0.4, 0.5) is 0 Å². The van der Waals surface area contributed by atoms with E-state index in [0.717, 1.165) is 36.6 Å². The number of nitrogens with one attached hydrogen (secondary N) is 1. The molecular weight excluding hydrogens is 274 g/mol. The molecule has 6 heteroatoms. The number of thioether (sulfide) groups is 1. The number of rotatable bonds is 9. The molecule has 1 atom stereocenters. The molecule has 0 bridgehead atoms. The van der Waals surface area contributed by atoms with E-state index in [1.54, 1.807) is 30.4 Å². The number of esters is 1. The van der Waals surface area contributed by atoms with Crippen LogP contribution in [0.1, 0.15) is 33.1 Å². The van der Waals surface area contributed by atoms with Crippen LogP contribution in [0, 0.1) is 0 Å². The van der Waals surface area contributed by atoms with Gasteiger partial charge in [0.05, 0.1) is 13.3 Å². The van der Waals surface area contributed by atoms with Gasteiger partial charge in [0.2, 0.25) is 0 Å². The van der Waals surface area contributed by atoms with Crippen molar-refractivity contribution in [3.8, 4) is 0 Å². The Morgan fingerprint density at radius 2 is 2.25 bits per heavy atom. The second-order valence-corrected chi connectivity index (χ2v) is 5.82. The Hall–Kier alpha value is -1.14. The Balaban J connectivity index is 2.29. The summed E-state index contributed by atoms with van der Waals surface area (Å²) in [5, 5.41) is 4.15. The second-order valence-electron chi connectivity index (χ2n) is 4.70. The monoisotopic (exact) mass is 297 g/mol. The zero-order valence-corrected chi connectivity index (χ0v) is 13.2. The van der Waals surface area contributed by atoms with Gasteiger partial charge in [-0.05, 0) is 32.1 Å². The van der Waals surface area contributed by atoms with E-state index in [1.165, 1.54) is 7.11 Å². The van der Waals surface area contributed by atoms with Gasteiger partial charge in [-0.25, -0.2) is 4.98 Å². The molecule has 1 rings (SSSR count). The zero-order chi connectivity index (χ0) is 14.8. The van der Waals surface area contributed by atoms with Crippen molar-refractivity contribution in [1.82, 2.24) is 15.3 Å². The molecule has 0 aliphatic rings. The highest BCUT2D eigenvalue weighted by Gasteiger charge is 2.32. The Bertz CT molecular complexity index is 403. The van der Waals surface area contributed by atoms with Gasteiger partial charge in [0.1, 0.15) is 10.6 Å². The largest absolute Gasteiger partial charge is 0.468 e. The molecule has 1 unspecified atom stereocenters. The fourth-order valence-corrected chi connectivity index (χ4v) is 2.82. The number of hydrogen-bond donors (Lipinski definition) is 1. The van der Waals surface area contributed by atoms with Crippen molar-refractivity contribution in [2.75, 3.05) is 19.4 Å². The highest BCUT2D eigenvalue weighted by molar-refractivity contribution is 7.99. The summed E-state index contributed by atoms with van der Waals surface area (Å²) in [5.74, 6) is 0.781. The maximum Gasteiger partial charge on any atom is 0.325 e. The predicted molar refractivity (Wildman–Crippen MR) is 80.7 cm³/mol. The molecule has 5 nitrogen and oxygen atoms in total. The van der Waals surface area contributed by atoms with E-state index in [9.17, 15) is 4.79 Å². The summed E-state index contributed by atoms with van der Waals surface area (Å²) in [6, 6.07) is 0. The molecule has 0 saturated heterocycles. The fraction of sp³-hybridized carbons (Fsp3) is 0.643. The lowest BCUT2D eigenvalue weighted by atomic mass is 9.95. The number of unbranched alkanes of at least 4 members (excludes halogenated alkanes) is 1. The number of methoxy groups -OCH3 is 1. The maximum atomic E-state index is 11.8. The molecule has 1 N–H and O–H groups in total. The molecule has 0 radical (unpaired) electrons. The summed E-state index contributed by atoms with van der Waals surface area (Å²) in [6.07, 6.45) is 7.89. The first-order chi connectivity index (χ1) is 9.62. The standard InChI is InChI=1S/C14H23N3O2S/c1-4-17-14(2,13(18)19-3)7-5-6-10-20-12-11-15-8-9-16-12/h8-9,11,17H,4-7,10H2,1-3H3. The number of aromatic nitrogens is 2. The van der Waals surface area contributed by atoms with Crippen LogP contribution in [0.25, 0.3) is 0 Å². The van der Waals surface area contributed by atoms with Gasteiger partial charge in [-0.2, -0.15) is 0 Å². The van der Waals surface area contributed by atoms with Crippen LogP contribution in [-0.2, 0) is 9.53 Å². The van der Waals surface area contributed by atoms with Crippen LogP contribution in [0.3, 0.4) is 0 Å². The first-order valence-electron chi connectivity index (χ1n) is 6.84. The summed E-state index contributed by atoms with van der Waals surface area (Å²) < 4.78 is 4.87. The smallest absolute Gasteiger partial charge is 0.325 e. The van der Waals surface area contributed by atoms with E-state index in [4.69, 9.17) is 4.74 Å². The summed E-state index contributed by atoms with van der Waals surface area (Å²) in [4.78, 5) is 20.0.